The van der Waals surface area contributed by atoms with Crippen molar-refractivity contribution < 1.29 is 4.79 Å². The summed E-state index contributed by atoms with van der Waals surface area (Å²) in [5.41, 5.74) is 7.62. The van der Waals surface area contributed by atoms with Crippen molar-refractivity contribution in [2.45, 2.75) is 32.2 Å². The maximum atomic E-state index is 12.6. The zero-order valence-corrected chi connectivity index (χ0v) is 15.5. The molecule has 2 fully saturated rings. The molecule has 1 amide bonds. The Morgan fingerprint density at radius 1 is 1.08 bits per heavy atom. The molecule has 2 aliphatic rings. The molecule has 4 atom stereocenters. The van der Waals surface area contributed by atoms with Crippen LogP contribution in [0.4, 0.5) is 0 Å². The lowest BCUT2D eigenvalue weighted by Gasteiger charge is -2.35. The molecule has 0 aliphatic carbocycles. The maximum Gasteiger partial charge on any atom is 0.236 e. The summed E-state index contributed by atoms with van der Waals surface area (Å²) in [6, 6.07) is 10.6. The summed E-state index contributed by atoms with van der Waals surface area (Å²) in [7, 11) is 0. The lowest BCUT2D eigenvalue weighted by molar-refractivity contribution is -0.134. The van der Waals surface area contributed by atoms with Crippen LogP contribution in [0.15, 0.2) is 30.3 Å². The molecule has 5 heteroatoms. The van der Waals surface area contributed by atoms with Gasteiger partial charge in [0.05, 0.1) is 6.54 Å². The summed E-state index contributed by atoms with van der Waals surface area (Å²) in [4.78, 5) is 16.9. The Morgan fingerprint density at radius 3 is 2.33 bits per heavy atom. The zero-order chi connectivity index (χ0) is 16.4. The van der Waals surface area contributed by atoms with Crippen molar-refractivity contribution in [2.75, 3.05) is 32.7 Å². The molecular weight excluding hydrogens is 322 g/mol. The van der Waals surface area contributed by atoms with E-state index in [1.807, 2.05) is 6.07 Å². The fourth-order valence-corrected chi connectivity index (χ4v) is 4.25. The highest BCUT2D eigenvalue weighted by Gasteiger charge is 2.33. The Bertz CT molecular complexity index is 529. The lowest BCUT2D eigenvalue weighted by atomic mass is 9.92. The molecule has 3 rings (SSSR count). The number of hydrogen-bond acceptors (Lipinski definition) is 3. The van der Waals surface area contributed by atoms with Crippen LogP contribution >= 0.6 is 12.4 Å². The Balaban J connectivity index is 0.00000208. The first-order valence-electron chi connectivity index (χ1n) is 8.83. The number of amides is 1. The number of rotatable bonds is 3. The summed E-state index contributed by atoms with van der Waals surface area (Å²) >= 11 is 0. The standard InChI is InChI=1S/C19H29N3O.ClH/c1-14-8-15(2)10-22(9-14)19(23)13-21-11-17(18(20)12-21)16-6-4-3-5-7-16;/h3-7,14-15,17-18H,8-13,20H2,1-2H3;1H/t14?,15?,17-,18+;/m0./s1. The van der Waals surface area contributed by atoms with E-state index in [4.69, 9.17) is 5.73 Å². The third-order valence-corrected chi connectivity index (χ3v) is 5.25. The SMILES string of the molecule is CC1CC(C)CN(C(=O)CN2C[C@@H](N)[C@H](c3ccccc3)C2)C1.Cl. The second kappa shape index (κ2) is 8.32. The molecule has 2 N–H and O–H groups in total. The Kier molecular flexibility index (Phi) is 6.67. The Hall–Kier alpha value is -1.10. The smallest absolute Gasteiger partial charge is 0.236 e. The molecule has 1 aromatic rings. The number of nitrogens with zero attached hydrogens (tertiary/aromatic N) is 2. The van der Waals surface area contributed by atoms with Crippen LogP contribution in [0.3, 0.4) is 0 Å². The van der Waals surface area contributed by atoms with Gasteiger partial charge in [0, 0.05) is 38.1 Å². The normalized spacial score (nSPS) is 30.9. The van der Waals surface area contributed by atoms with Crippen LogP contribution in [-0.2, 0) is 4.79 Å². The maximum absolute atomic E-state index is 12.6. The molecule has 0 bridgehead atoms. The fourth-order valence-electron chi connectivity index (χ4n) is 4.25. The second-order valence-corrected chi connectivity index (χ2v) is 7.62. The number of carbonyl (C=O) groups is 1. The van der Waals surface area contributed by atoms with Gasteiger partial charge in [0.15, 0.2) is 0 Å². The quantitative estimate of drug-likeness (QED) is 0.909. The number of halogens is 1. The third-order valence-electron chi connectivity index (χ3n) is 5.25. The van der Waals surface area contributed by atoms with E-state index in [2.05, 4.69) is 47.9 Å². The molecule has 1 aromatic carbocycles. The van der Waals surface area contributed by atoms with Crippen LogP contribution in [0, 0.1) is 11.8 Å². The molecule has 2 aliphatic heterocycles. The highest BCUT2D eigenvalue weighted by Crippen LogP contribution is 2.27. The monoisotopic (exact) mass is 351 g/mol. The van der Waals surface area contributed by atoms with Crippen LogP contribution in [0.25, 0.3) is 0 Å². The van der Waals surface area contributed by atoms with Crippen molar-refractivity contribution >= 4 is 18.3 Å². The van der Waals surface area contributed by atoms with Gasteiger partial charge in [0.2, 0.25) is 5.91 Å². The summed E-state index contributed by atoms with van der Waals surface area (Å²) in [6.45, 7) is 8.51. The van der Waals surface area contributed by atoms with Crippen LogP contribution < -0.4 is 5.73 Å². The molecule has 2 unspecified atom stereocenters. The van der Waals surface area contributed by atoms with Crippen LogP contribution in [0.5, 0.6) is 0 Å². The van der Waals surface area contributed by atoms with Gasteiger partial charge in [-0.25, -0.2) is 0 Å². The first-order chi connectivity index (χ1) is 11.0. The molecule has 0 aromatic heterocycles. The number of nitrogens with two attached hydrogens (primary N) is 1. The van der Waals surface area contributed by atoms with E-state index in [1.54, 1.807) is 0 Å². The van der Waals surface area contributed by atoms with E-state index in [9.17, 15) is 4.79 Å². The molecule has 0 spiro atoms. The van der Waals surface area contributed by atoms with Crippen molar-refractivity contribution in [1.82, 2.24) is 9.80 Å². The Labute approximate surface area is 151 Å². The molecule has 0 saturated carbocycles. The number of likely N-dealkylation sites (tertiary alicyclic amines) is 2. The minimum atomic E-state index is 0. The molecule has 0 radical (unpaired) electrons. The predicted molar refractivity (Wildman–Crippen MR) is 100 cm³/mol. The first-order valence-corrected chi connectivity index (χ1v) is 8.83. The van der Waals surface area contributed by atoms with Gasteiger partial charge in [-0.15, -0.1) is 12.4 Å². The van der Waals surface area contributed by atoms with Gasteiger partial charge < -0.3 is 10.6 Å². The first kappa shape index (κ1) is 19.2. The Morgan fingerprint density at radius 2 is 1.71 bits per heavy atom. The van der Waals surface area contributed by atoms with E-state index in [1.165, 1.54) is 12.0 Å². The fraction of sp³-hybridized carbons (Fsp3) is 0.632. The number of hydrogen-bond donors (Lipinski definition) is 1. The molecule has 2 saturated heterocycles. The van der Waals surface area contributed by atoms with Crippen molar-refractivity contribution in [1.29, 1.82) is 0 Å². The van der Waals surface area contributed by atoms with E-state index in [-0.39, 0.29) is 24.4 Å². The van der Waals surface area contributed by atoms with Gasteiger partial charge in [0.25, 0.3) is 0 Å². The van der Waals surface area contributed by atoms with Crippen LogP contribution in [-0.4, -0.2) is 54.5 Å². The summed E-state index contributed by atoms with van der Waals surface area (Å²) in [5, 5.41) is 0. The molecule has 4 nitrogen and oxygen atoms in total. The molecule has 24 heavy (non-hydrogen) atoms. The van der Waals surface area contributed by atoms with Crippen LogP contribution in [0.2, 0.25) is 0 Å². The van der Waals surface area contributed by atoms with Crippen LogP contribution in [0.1, 0.15) is 31.7 Å². The van der Waals surface area contributed by atoms with E-state index in [0.717, 1.165) is 26.2 Å². The lowest BCUT2D eigenvalue weighted by Crippen LogP contribution is -2.46. The number of piperidine rings is 1. The van der Waals surface area contributed by atoms with Crippen molar-refractivity contribution in [2.24, 2.45) is 17.6 Å². The minimum Gasteiger partial charge on any atom is -0.341 e. The van der Waals surface area contributed by atoms with E-state index >= 15 is 0 Å². The third kappa shape index (κ3) is 4.50. The summed E-state index contributed by atoms with van der Waals surface area (Å²) in [6.07, 6.45) is 1.23. The van der Waals surface area contributed by atoms with E-state index in [0.29, 0.717) is 24.3 Å². The van der Waals surface area contributed by atoms with Crippen molar-refractivity contribution in [3.05, 3.63) is 35.9 Å². The van der Waals surface area contributed by atoms with E-state index < -0.39 is 0 Å². The highest BCUT2D eigenvalue weighted by molar-refractivity contribution is 5.85. The highest BCUT2D eigenvalue weighted by atomic mass is 35.5. The zero-order valence-electron chi connectivity index (χ0n) is 14.7. The topological polar surface area (TPSA) is 49.6 Å². The predicted octanol–water partition coefficient (Wildman–Crippen LogP) is 2.34. The number of carbonyl (C=O) groups excluding carboxylic acids is 1. The largest absolute Gasteiger partial charge is 0.341 e. The molecule has 2 heterocycles. The number of benzene rings is 1. The molecule has 134 valence electrons. The minimum absolute atomic E-state index is 0. The van der Waals surface area contributed by atoms with Gasteiger partial charge in [-0.1, -0.05) is 44.2 Å². The van der Waals surface area contributed by atoms with Gasteiger partial charge in [-0.05, 0) is 23.8 Å². The molecular formula is C19H30ClN3O. The average Bonchev–Trinajstić information content (AvgIpc) is 2.87. The van der Waals surface area contributed by atoms with Crippen molar-refractivity contribution in [3.8, 4) is 0 Å². The average molecular weight is 352 g/mol. The summed E-state index contributed by atoms with van der Waals surface area (Å²) in [5.74, 6) is 1.83. The van der Waals surface area contributed by atoms with Crippen molar-refractivity contribution in [3.63, 3.8) is 0 Å². The van der Waals surface area contributed by atoms with Gasteiger partial charge in [-0.2, -0.15) is 0 Å². The van der Waals surface area contributed by atoms with Gasteiger partial charge >= 0.3 is 0 Å². The second-order valence-electron chi connectivity index (χ2n) is 7.62. The van der Waals surface area contributed by atoms with Gasteiger partial charge in [0.1, 0.15) is 0 Å². The summed E-state index contributed by atoms with van der Waals surface area (Å²) < 4.78 is 0. The van der Waals surface area contributed by atoms with Gasteiger partial charge in [-0.3, -0.25) is 9.69 Å².